The van der Waals surface area contributed by atoms with Crippen molar-refractivity contribution in [3.05, 3.63) is 24.3 Å². The van der Waals surface area contributed by atoms with Gasteiger partial charge < -0.3 is 4.90 Å². The number of thioether (sulfide) groups is 1. The first-order valence-electron chi connectivity index (χ1n) is 5.29. The van der Waals surface area contributed by atoms with E-state index in [2.05, 4.69) is 35.4 Å². The van der Waals surface area contributed by atoms with E-state index in [1.54, 1.807) is 0 Å². The molecule has 0 spiro atoms. The second-order valence-electron chi connectivity index (χ2n) is 3.75. The first-order valence-corrected chi connectivity index (χ1v) is 6.51. The molecule has 0 N–H and O–H groups in total. The summed E-state index contributed by atoms with van der Waals surface area (Å²) in [6.45, 7) is 2.47. The van der Waals surface area contributed by atoms with Crippen LogP contribution in [-0.4, -0.2) is 19.3 Å². The minimum atomic E-state index is 1.23. The minimum Gasteiger partial charge on any atom is -0.372 e. The number of benzene rings is 1. The maximum absolute atomic E-state index is 2.50. The third-order valence-corrected chi connectivity index (χ3v) is 3.50. The molecule has 0 atom stereocenters. The lowest BCUT2D eigenvalue weighted by Gasteiger charge is -2.29. The maximum Gasteiger partial charge on any atom is 0.0377 e. The molecule has 0 aliphatic carbocycles. The van der Waals surface area contributed by atoms with Crippen LogP contribution in [0.1, 0.15) is 19.3 Å². The van der Waals surface area contributed by atoms with Gasteiger partial charge in [-0.05, 0) is 43.7 Å². The smallest absolute Gasteiger partial charge is 0.0377 e. The normalized spacial score (nSPS) is 17.1. The highest BCUT2D eigenvalue weighted by atomic mass is 32.2. The lowest BCUT2D eigenvalue weighted by Crippen LogP contribution is -2.29. The lowest BCUT2D eigenvalue weighted by atomic mass is 10.1. The number of rotatable bonds is 2. The van der Waals surface area contributed by atoms with Gasteiger partial charge in [-0.2, -0.15) is 0 Å². The van der Waals surface area contributed by atoms with E-state index in [-0.39, 0.29) is 0 Å². The van der Waals surface area contributed by atoms with E-state index in [4.69, 9.17) is 0 Å². The van der Waals surface area contributed by atoms with Gasteiger partial charge in [-0.3, -0.25) is 0 Å². The van der Waals surface area contributed by atoms with Gasteiger partial charge in [0.1, 0.15) is 0 Å². The number of nitrogens with zero attached hydrogens (tertiary/aromatic N) is 1. The molecule has 1 aromatic rings. The maximum atomic E-state index is 2.50. The van der Waals surface area contributed by atoms with Crippen molar-refractivity contribution in [1.82, 2.24) is 0 Å². The van der Waals surface area contributed by atoms with Crippen molar-refractivity contribution in [2.45, 2.75) is 24.2 Å². The Morgan fingerprint density at radius 3 is 2.64 bits per heavy atom. The predicted octanol–water partition coefficient (Wildman–Crippen LogP) is 3.40. The van der Waals surface area contributed by atoms with Crippen molar-refractivity contribution in [2.75, 3.05) is 24.2 Å². The quantitative estimate of drug-likeness (QED) is 0.684. The third-order valence-electron chi connectivity index (χ3n) is 2.77. The summed E-state index contributed by atoms with van der Waals surface area (Å²) in [5.41, 5.74) is 1.40. The molecule has 1 aliphatic rings. The molecule has 1 aliphatic heterocycles. The number of hydrogen-bond acceptors (Lipinski definition) is 2. The van der Waals surface area contributed by atoms with Crippen LogP contribution in [0.3, 0.4) is 0 Å². The van der Waals surface area contributed by atoms with Crippen LogP contribution < -0.4 is 4.90 Å². The highest BCUT2D eigenvalue weighted by Crippen LogP contribution is 2.24. The molecule has 0 radical (unpaired) electrons. The summed E-state index contributed by atoms with van der Waals surface area (Å²) >= 11 is 1.82. The molecule has 1 fully saturated rings. The zero-order valence-corrected chi connectivity index (χ0v) is 9.52. The summed E-state index contributed by atoms with van der Waals surface area (Å²) in [4.78, 5) is 3.87. The zero-order chi connectivity index (χ0) is 9.80. The summed E-state index contributed by atoms with van der Waals surface area (Å²) in [7, 11) is 0. The molecule has 2 heteroatoms. The highest BCUT2D eigenvalue weighted by molar-refractivity contribution is 7.98. The van der Waals surface area contributed by atoms with Gasteiger partial charge in [-0.1, -0.05) is 6.07 Å². The standard InChI is InChI=1S/C12H17NS/c1-14-12-7-5-6-11(10-12)13-8-3-2-4-9-13/h5-7,10H,2-4,8-9H2,1H3. The Hall–Kier alpha value is -0.630. The second kappa shape index (κ2) is 4.74. The van der Waals surface area contributed by atoms with E-state index in [0.717, 1.165) is 0 Å². The van der Waals surface area contributed by atoms with Crippen molar-refractivity contribution in [1.29, 1.82) is 0 Å². The van der Waals surface area contributed by atoms with Gasteiger partial charge in [0.25, 0.3) is 0 Å². The van der Waals surface area contributed by atoms with Crippen LogP contribution in [0.5, 0.6) is 0 Å². The fourth-order valence-corrected chi connectivity index (χ4v) is 2.41. The van der Waals surface area contributed by atoms with Crippen molar-refractivity contribution >= 4 is 17.4 Å². The van der Waals surface area contributed by atoms with Crippen molar-refractivity contribution in [3.63, 3.8) is 0 Å². The molecule has 1 aromatic carbocycles. The molecule has 0 amide bonds. The van der Waals surface area contributed by atoms with Gasteiger partial charge in [0, 0.05) is 23.7 Å². The molecule has 76 valence electrons. The molecule has 1 nitrogen and oxygen atoms in total. The molecular formula is C12H17NS. The Morgan fingerprint density at radius 1 is 1.14 bits per heavy atom. The van der Waals surface area contributed by atoms with Crippen LogP contribution in [0.2, 0.25) is 0 Å². The topological polar surface area (TPSA) is 3.24 Å². The van der Waals surface area contributed by atoms with E-state index in [0.29, 0.717) is 0 Å². The first-order chi connectivity index (χ1) is 6.90. The van der Waals surface area contributed by atoms with E-state index < -0.39 is 0 Å². The number of piperidine rings is 1. The Bertz CT molecular complexity index is 292. The third kappa shape index (κ3) is 2.24. The van der Waals surface area contributed by atoms with Crippen molar-refractivity contribution in [3.8, 4) is 0 Å². The van der Waals surface area contributed by atoms with Gasteiger partial charge in [0.2, 0.25) is 0 Å². The molecular weight excluding hydrogens is 190 g/mol. The van der Waals surface area contributed by atoms with E-state index in [1.165, 1.54) is 42.9 Å². The zero-order valence-electron chi connectivity index (χ0n) is 8.70. The van der Waals surface area contributed by atoms with Crippen LogP contribution in [0.25, 0.3) is 0 Å². The molecule has 0 aromatic heterocycles. The SMILES string of the molecule is CSc1cccc(N2CCCCC2)c1. The van der Waals surface area contributed by atoms with Crippen LogP contribution in [0.15, 0.2) is 29.2 Å². The fraction of sp³-hybridized carbons (Fsp3) is 0.500. The summed E-state index contributed by atoms with van der Waals surface area (Å²) in [5, 5.41) is 0. The fourth-order valence-electron chi connectivity index (χ4n) is 1.96. The van der Waals surface area contributed by atoms with Gasteiger partial charge in [0.05, 0.1) is 0 Å². The van der Waals surface area contributed by atoms with Crippen LogP contribution in [0.4, 0.5) is 5.69 Å². The Balaban J connectivity index is 2.13. The largest absolute Gasteiger partial charge is 0.372 e. The number of hydrogen-bond donors (Lipinski definition) is 0. The monoisotopic (exact) mass is 207 g/mol. The summed E-state index contributed by atoms with van der Waals surface area (Å²) in [6.07, 6.45) is 6.24. The van der Waals surface area contributed by atoms with E-state index in [1.807, 2.05) is 11.8 Å². The Kier molecular flexibility index (Phi) is 3.35. The van der Waals surface area contributed by atoms with E-state index in [9.17, 15) is 0 Å². The Labute approximate surface area is 90.5 Å². The molecule has 1 saturated heterocycles. The van der Waals surface area contributed by atoms with Gasteiger partial charge in [-0.15, -0.1) is 11.8 Å². The van der Waals surface area contributed by atoms with Crippen molar-refractivity contribution in [2.24, 2.45) is 0 Å². The average Bonchev–Trinajstić information content (AvgIpc) is 2.30. The van der Waals surface area contributed by atoms with Gasteiger partial charge in [0.15, 0.2) is 0 Å². The molecule has 0 unspecified atom stereocenters. The van der Waals surface area contributed by atoms with Crippen LogP contribution in [0, 0.1) is 0 Å². The second-order valence-corrected chi connectivity index (χ2v) is 4.63. The molecule has 14 heavy (non-hydrogen) atoms. The Morgan fingerprint density at radius 2 is 1.93 bits per heavy atom. The van der Waals surface area contributed by atoms with Crippen LogP contribution >= 0.6 is 11.8 Å². The predicted molar refractivity (Wildman–Crippen MR) is 64.3 cm³/mol. The van der Waals surface area contributed by atoms with Crippen molar-refractivity contribution < 1.29 is 0 Å². The molecule has 1 heterocycles. The highest BCUT2D eigenvalue weighted by Gasteiger charge is 2.10. The average molecular weight is 207 g/mol. The molecule has 0 saturated carbocycles. The lowest BCUT2D eigenvalue weighted by molar-refractivity contribution is 0.577. The summed E-state index contributed by atoms with van der Waals surface area (Å²) in [5.74, 6) is 0. The summed E-state index contributed by atoms with van der Waals surface area (Å²) < 4.78 is 0. The number of anilines is 1. The molecule has 0 bridgehead atoms. The van der Waals surface area contributed by atoms with Crippen LogP contribution in [-0.2, 0) is 0 Å². The summed E-state index contributed by atoms with van der Waals surface area (Å²) in [6, 6.07) is 8.87. The molecule has 2 rings (SSSR count). The van der Waals surface area contributed by atoms with Gasteiger partial charge in [-0.25, -0.2) is 0 Å². The van der Waals surface area contributed by atoms with Gasteiger partial charge >= 0.3 is 0 Å². The minimum absolute atomic E-state index is 1.23. The first kappa shape index (κ1) is 9.91. The van der Waals surface area contributed by atoms with E-state index >= 15 is 0 Å².